The van der Waals surface area contributed by atoms with Crippen LogP contribution in [0.5, 0.6) is 0 Å². The van der Waals surface area contributed by atoms with E-state index in [0.29, 0.717) is 60.4 Å². The Bertz CT molecular complexity index is 1310. The molecule has 1 saturated heterocycles. The first kappa shape index (κ1) is 25.0. The minimum atomic E-state index is -0.467. The molecule has 0 bridgehead atoms. The summed E-state index contributed by atoms with van der Waals surface area (Å²) in [6, 6.07) is 14.9. The zero-order valence-corrected chi connectivity index (χ0v) is 20.4. The molecular formula is C26H25ClN4O5. The lowest BCUT2D eigenvalue weighted by Crippen LogP contribution is -2.48. The van der Waals surface area contributed by atoms with Gasteiger partial charge in [-0.05, 0) is 42.5 Å². The van der Waals surface area contributed by atoms with Crippen molar-refractivity contribution in [2.75, 3.05) is 36.4 Å². The normalized spacial score (nSPS) is 13.7. The summed E-state index contributed by atoms with van der Waals surface area (Å²) in [5.41, 5.74) is 1.68. The van der Waals surface area contributed by atoms with Gasteiger partial charge in [-0.3, -0.25) is 19.7 Å². The molecule has 2 amide bonds. The third-order valence-electron chi connectivity index (χ3n) is 5.88. The third-order valence-corrected chi connectivity index (χ3v) is 6.12. The molecule has 1 N–H and O–H groups in total. The lowest BCUT2D eigenvalue weighted by Gasteiger charge is -2.37. The van der Waals surface area contributed by atoms with E-state index < -0.39 is 4.92 Å². The van der Waals surface area contributed by atoms with E-state index in [0.717, 1.165) is 5.69 Å². The van der Waals surface area contributed by atoms with Crippen LogP contribution in [0.1, 0.15) is 19.1 Å². The molecule has 2 aromatic carbocycles. The van der Waals surface area contributed by atoms with E-state index in [-0.39, 0.29) is 17.5 Å². The first-order valence-electron chi connectivity index (χ1n) is 11.5. The van der Waals surface area contributed by atoms with Gasteiger partial charge in [0.15, 0.2) is 0 Å². The van der Waals surface area contributed by atoms with Crippen LogP contribution in [-0.2, 0) is 9.59 Å². The van der Waals surface area contributed by atoms with Crippen LogP contribution in [0.25, 0.3) is 17.4 Å². The quantitative estimate of drug-likeness (QED) is 0.266. The van der Waals surface area contributed by atoms with Crippen LogP contribution in [-0.4, -0.2) is 47.8 Å². The number of halogens is 1. The van der Waals surface area contributed by atoms with Crippen molar-refractivity contribution in [3.63, 3.8) is 0 Å². The summed E-state index contributed by atoms with van der Waals surface area (Å²) in [5.74, 6) is 0.454. The number of piperazine rings is 1. The van der Waals surface area contributed by atoms with Crippen molar-refractivity contribution in [3.05, 3.63) is 81.6 Å². The molecule has 1 fully saturated rings. The average Bonchev–Trinajstić information content (AvgIpc) is 3.36. The monoisotopic (exact) mass is 508 g/mol. The molecule has 1 aliphatic rings. The molecule has 36 heavy (non-hydrogen) atoms. The van der Waals surface area contributed by atoms with Crippen molar-refractivity contribution < 1.29 is 18.9 Å². The Morgan fingerprint density at radius 2 is 1.86 bits per heavy atom. The van der Waals surface area contributed by atoms with E-state index in [4.69, 9.17) is 16.0 Å². The zero-order valence-electron chi connectivity index (χ0n) is 19.6. The number of carbonyl (C=O) groups is 2. The van der Waals surface area contributed by atoms with Gasteiger partial charge in [0, 0.05) is 49.8 Å². The summed E-state index contributed by atoms with van der Waals surface area (Å²) in [6.07, 6.45) is 3.30. The number of carbonyl (C=O) groups excluding carboxylic acids is 2. The maximum atomic E-state index is 12.7. The number of amides is 2. The van der Waals surface area contributed by atoms with Crippen molar-refractivity contribution in [1.82, 2.24) is 4.90 Å². The van der Waals surface area contributed by atoms with E-state index in [1.807, 2.05) is 17.9 Å². The molecule has 4 rings (SSSR count). The van der Waals surface area contributed by atoms with Crippen LogP contribution < -0.4 is 10.2 Å². The van der Waals surface area contributed by atoms with Gasteiger partial charge in [0.05, 0.1) is 21.9 Å². The van der Waals surface area contributed by atoms with Gasteiger partial charge in [-0.2, -0.15) is 0 Å². The van der Waals surface area contributed by atoms with Crippen molar-refractivity contribution in [1.29, 1.82) is 0 Å². The number of nitro benzene ring substituents is 1. The fraction of sp³-hybridized carbons (Fsp3) is 0.231. The maximum absolute atomic E-state index is 12.7. The van der Waals surface area contributed by atoms with Crippen molar-refractivity contribution >= 4 is 46.6 Å². The number of nitrogens with zero attached hydrogens (tertiary/aromatic N) is 3. The first-order chi connectivity index (χ1) is 17.4. The molecule has 186 valence electrons. The summed E-state index contributed by atoms with van der Waals surface area (Å²) in [5, 5.41) is 14.6. The molecule has 9 nitrogen and oxygen atoms in total. The molecule has 0 radical (unpaired) electrons. The van der Waals surface area contributed by atoms with Gasteiger partial charge in [0.1, 0.15) is 11.5 Å². The number of anilines is 2. The van der Waals surface area contributed by atoms with Gasteiger partial charge in [0.25, 0.3) is 5.69 Å². The third kappa shape index (κ3) is 5.75. The summed E-state index contributed by atoms with van der Waals surface area (Å²) >= 11 is 6.19. The first-order valence-corrected chi connectivity index (χ1v) is 11.9. The van der Waals surface area contributed by atoms with Crippen LogP contribution >= 0.6 is 11.6 Å². The Morgan fingerprint density at radius 1 is 1.11 bits per heavy atom. The predicted octanol–water partition coefficient (Wildman–Crippen LogP) is 5.22. The summed E-state index contributed by atoms with van der Waals surface area (Å²) in [6.45, 7) is 4.37. The number of nitro groups is 1. The van der Waals surface area contributed by atoms with Crippen LogP contribution in [0.2, 0.25) is 5.02 Å². The molecule has 1 aromatic heterocycles. The predicted molar refractivity (Wildman–Crippen MR) is 139 cm³/mol. The largest absolute Gasteiger partial charge is 0.456 e. The highest BCUT2D eigenvalue weighted by Crippen LogP contribution is 2.32. The van der Waals surface area contributed by atoms with E-state index >= 15 is 0 Å². The Morgan fingerprint density at radius 3 is 2.58 bits per heavy atom. The van der Waals surface area contributed by atoms with Crippen LogP contribution in [0.15, 0.2) is 65.1 Å². The summed E-state index contributed by atoms with van der Waals surface area (Å²) < 4.78 is 5.70. The molecule has 2 heterocycles. The van der Waals surface area contributed by atoms with Crippen molar-refractivity contribution in [3.8, 4) is 11.3 Å². The second kappa shape index (κ2) is 11.1. The van der Waals surface area contributed by atoms with E-state index in [1.54, 1.807) is 42.5 Å². The highest BCUT2D eigenvalue weighted by Gasteiger charge is 2.22. The second-order valence-corrected chi connectivity index (χ2v) is 8.62. The van der Waals surface area contributed by atoms with Crippen molar-refractivity contribution in [2.45, 2.75) is 13.3 Å². The number of hydrogen-bond donors (Lipinski definition) is 1. The number of rotatable bonds is 7. The van der Waals surface area contributed by atoms with Crippen molar-refractivity contribution in [2.24, 2.45) is 0 Å². The lowest BCUT2D eigenvalue weighted by atomic mass is 10.1. The fourth-order valence-electron chi connectivity index (χ4n) is 4.07. The standard InChI is InChI=1S/C26H25ClN4O5/c1-2-26(33)30-15-13-29(14-16-30)23-10-7-18(27)17-21(23)28-25(32)12-9-19-8-11-24(36-19)20-5-3-4-6-22(20)31(34)35/h3-12,17H,2,13-16H2,1H3,(H,28,32)/b12-9+. The van der Waals surface area contributed by atoms with Gasteiger partial charge >= 0.3 is 0 Å². The Balaban J connectivity index is 1.45. The molecule has 0 saturated carbocycles. The number of para-hydroxylation sites is 1. The zero-order chi connectivity index (χ0) is 25.7. The Hall–Kier alpha value is -4.11. The molecule has 0 spiro atoms. The topological polar surface area (TPSA) is 109 Å². The molecule has 1 aliphatic heterocycles. The highest BCUT2D eigenvalue weighted by molar-refractivity contribution is 6.31. The van der Waals surface area contributed by atoms with Gasteiger partial charge in [-0.15, -0.1) is 0 Å². The van der Waals surface area contributed by atoms with Gasteiger partial charge in [0.2, 0.25) is 11.8 Å². The number of hydrogen-bond acceptors (Lipinski definition) is 6. The number of nitrogens with one attached hydrogen (secondary N) is 1. The fourth-order valence-corrected chi connectivity index (χ4v) is 4.24. The molecule has 0 unspecified atom stereocenters. The van der Waals surface area contributed by atoms with Crippen LogP contribution in [0.3, 0.4) is 0 Å². The maximum Gasteiger partial charge on any atom is 0.280 e. The SMILES string of the molecule is CCC(=O)N1CCN(c2ccc(Cl)cc2NC(=O)/C=C/c2ccc(-c3ccccc3[N+](=O)[O-])o2)CC1. The highest BCUT2D eigenvalue weighted by atomic mass is 35.5. The molecule has 0 atom stereocenters. The Labute approximate surface area is 213 Å². The molecule has 3 aromatic rings. The van der Waals surface area contributed by atoms with E-state index in [2.05, 4.69) is 10.2 Å². The number of benzene rings is 2. The second-order valence-electron chi connectivity index (χ2n) is 8.18. The Kier molecular flexibility index (Phi) is 7.70. The molecule has 0 aliphatic carbocycles. The van der Waals surface area contributed by atoms with E-state index in [9.17, 15) is 19.7 Å². The van der Waals surface area contributed by atoms with Gasteiger partial charge < -0.3 is 19.5 Å². The van der Waals surface area contributed by atoms with E-state index in [1.165, 1.54) is 18.2 Å². The lowest BCUT2D eigenvalue weighted by molar-refractivity contribution is -0.384. The molecular weight excluding hydrogens is 484 g/mol. The number of furan rings is 1. The minimum Gasteiger partial charge on any atom is -0.456 e. The minimum absolute atomic E-state index is 0.0616. The molecule has 10 heteroatoms. The van der Waals surface area contributed by atoms with Gasteiger partial charge in [-0.1, -0.05) is 30.7 Å². The average molecular weight is 509 g/mol. The summed E-state index contributed by atoms with van der Waals surface area (Å²) in [4.78, 5) is 39.4. The summed E-state index contributed by atoms with van der Waals surface area (Å²) in [7, 11) is 0. The van der Waals surface area contributed by atoms with Crippen LogP contribution in [0, 0.1) is 10.1 Å². The smallest absolute Gasteiger partial charge is 0.280 e. The van der Waals surface area contributed by atoms with Crippen LogP contribution in [0.4, 0.5) is 17.1 Å². The van der Waals surface area contributed by atoms with Gasteiger partial charge in [-0.25, -0.2) is 0 Å².